The van der Waals surface area contributed by atoms with Crippen molar-refractivity contribution >= 4 is 5.91 Å². The van der Waals surface area contributed by atoms with E-state index in [4.69, 9.17) is 0 Å². The Bertz CT molecular complexity index is 726. The van der Waals surface area contributed by atoms with Crippen LogP contribution in [0.3, 0.4) is 0 Å². The summed E-state index contributed by atoms with van der Waals surface area (Å²) in [6, 6.07) is 6.40. The van der Waals surface area contributed by atoms with Gasteiger partial charge < -0.3 is 10.3 Å². The fraction of sp³-hybridized carbons (Fsp3) is 0.267. The van der Waals surface area contributed by atoms with Crippen LogP contribution in [0.4, 0.5) is 8.78 Å². The van der Waals surface area contributed by atoms with E-state index in [1.165, 1.54) is 24.3 Å². The lowest BCUT2D eigenvalue weighted by molar-refractivity contribution is 0.0934. The monoisotopic (exact) mass is 307 g/mol. The molecule has 116 valence electrons. The van der Waals surface area contributed by atoms with Gasteiger partial charge in [-0.25, -0.2) is 13.8 Å². The number of carbonyl (C=O) groups is 1. The number of rotatable bonds is 4. The summed E-state index contributed by atoms with van der Waals surface area (Å²) < 4.78 is 25.0. The smallest absolute Gasteiger partial charge is 0.270 e. The van der Waals surface area contributed by atoms with E-state index in [2.05, 4.69) is 15.3 Å². The molecule has 1 heterocycles. The van der Waals surface area contributed by atoms with Crippen LogP contribution in [0, 0.1) is 6.92 Å². The first-order valence-electron chi connectivity index (χ1n) is 6.63. The van der Waals surface area contributed by atoms with E-state index in [1.807, 2.05) is 0 Å². The van der Waals surface area contributed by atoms with E-state index in [0.29, 0.717) is 11.4 Å². The van der Waals surface area contributed by atoms with Crippen molar-refractivity contribution in [2.24, 2.45) is 0 Å². The molecule has 0 bridgehead atoms. The number of benzene rings is 1. The molecule has 2 rings (SSSR count). The van der Waals surface area contributed by atoms with Gasteiger partial charge in [-0.15, -0.1) is 0 Å². The average molecular weight is 307 g/mol. The molecule has 0 spiro atoms. The second-order valence-corrected chi connectivity index (χ2v) is 4.88. The fourth-order valence-corrected chi connectivity index (χ4v) is 1.98. The van der Waals surface area contributed by atoms with Gasteiger partial charge in [-0.2, -0.15) is 0 Å². The maximum atomic E-state index is 12.5. The largest absolute Gasteiger partial charge is 0.344 e. The summed E-state index contributed by atoms with van der Waals surface area (Å²) in [6.45, 7) is 3.29. The molecule has 1 amide bonds. The summed E-state index contributed by atoms with van der Waals surface area (Å²) in [5, 5.41) is 2.67. The van der Waals surface area contributed by atoms with E-state index in [0.717, 1.165) is 6.07 Å². The van der Waals surface area contributed by atoms with Crippen LogP contribution < -0.4 is 10.9 Å². The van der Waals surface area contributed by atoms with Crippen molar-refractivity contribution in [3.8, 4) is 0 Å². The summed E-state index contributed by atoms with van der Waals surface area (Å²) in [5.74, 6) is -0.161. The highest BCUT2D eigenvalue weighted by molar-refractivity contribution is 5.92. The van der Waals surface area contributed by atoms with E-state index >= 15 is 0 Å². The third-order valence-corrected chi connectivity index (χ3v) is 3.13. The summed E-state index contributed by atoms with van der Waals surface area (Å²) in [6.07, 6.45) is -2.53. The lowest BCUT2D eigenvalue weighted by atomic mass is 10.1. The Morgan fingerprint density at radius 1 is 1.23 bits per heavy atom. The maximum absolute atomic E-state index is 12.5. The Morgan fingerprint density at radius 2 is 1.82 bits per heavy atom. The molecule has 0 aliphatic rings. The topological polar surface area (TPSA) is 74.8 Å². The number of alkyl halides is 2. The third-order valence-electron chi connectivity index (χ3n) is 3.13. The molecule has 0 aliphatic heterocycles. The summed E-state index contributed by atoms with van der Waals surface area (Å²) in [7, 11) is 0. The van der Waals surface area contributed by atoms with Gasteiger partial charge in [0.25, 0.3) is 17.9 Å². The quantitative estimate of drug-likeness (QED) is 0.911. The number of carbonyl (C=O) groups excluding carboxylic acids is 1. The molecule has 2 N–H and O–H groups in total. The van der Waals surface area contributed by atoms with Gasteiger partial charge in [0.15, 0.2) is 0 Å². The van der Waals surface area contributed by atoms with Gasteiger partial charge in [0.1, 0.15) is 11.5 Å². The zero-order valence-corrected chi connectivity index (χ0v) is 12.1. The third kappa shape index (κ3) is 3.75. The molecule has 1 aromatic heterocycles. The molecule has 22 heavy (non-hydrogen) atoms. The maximum Gasteiger partial charge on any atom is 0.270 e. The zero-order chi connectivity index (χ0) is 16.3. The predicted octanol–water partition coefficient (Wildman–Crippen LogP) is 2.51. The molecule has 1 unspecified atom stereocenters. The number of nitrogens with one attached hydrogen (secondary N) is 2. The van der Waals surface area contributed by atoms with Gasteiger partial charge in [0, 0.05) is 11.6 Å². The second-order valence-electron chi connectivity index (χ2n) is 4.88. The minimum Gasteiger partial charge on any atom is -0.344 e. The van der Waals surface area contributed by atoms with Crippen LogP contribution in [0.2, 0.25) is 0 Å². The molecule has 1 aromatic carbocycles. The van der Waals surface area contributed by atoms with Crippen LogP contribution in [0.5, 0.6) is 0 Å². The number of aryl methyl sites for hydroxylation is 1. The zero-order valence-electron chi connectivity index (χ0n) is 12.1. The first kappa shape index (κ1) is 15.8. The average Bonchev–Trinajstić information content (AvgIpc) is 2.46. The molecular formula is C15H15F2N3O2. The number of aromatic nitrogens is 2. The SMILES string of the molecule is Cc1nc(C(=O)NC(C)c2ccc(C(F)F)cc2)cc(=O)[nH]1. The minimum absolute atomic E-state index is 0.0114. The van der Waals surface area contributed by atoms with Crippen molar-refractivity contribution in [2.75, 3.05) is 0 Å². The van der Waals surface area contributed by atoms with Crippen molar-refractivity contribution in [3.05, 3.63) is 63.3 Å². The second kappa shape index (κ2) is 6.46. The van der Waals surface area contributed by atoms with Gasteiger partial charge >= 0.3 is 0 Å². The Morgan fingerprint density at radius 3 is 2.36 bits per heavy atom. The number of hydrogen-bond acceptors (Lipinski definition) is 3. The Hall–Kier alpha value is -2.57. The first-order chi connectivity index (χ1) is 10.4. The van der Waals surface area contributed by atoms with Crippen LogP contribution in [-0.4, -0.2) is 15.9 Å². The summed E-state index contributed by atoms with van der Waals surface area (Å²) in [5.41, 5.74) is 0.206. The highest BCUT2D eigenvalue weighted by atomic mass is 19.3. The molecule has 0 aliphatic carbocycles. The number of H-pyrrole nitrogens is 1. The van der Waals surface area contributed by atoms with E-state index in [1.54, 1.807) is 13.8 Å². The standard InChI is InChI=1S/C15H15F2N3O2/c1-8(10-3-5-11(6-4-10)14(16)17)18-15(22)12-7-13(21)20-9(2)19-12/h3-8,14H,1-2H3,(H,18,22)(H,19,20,21). The highest BCUT2D eigenvalue weighted by Crippen LogP contribution is 2.21. The molecule has 0 radical (unpaired) electrons. The molecular weight excluding hydrogens is 292 g/mol. The van der Waals surface area contributed by atoms with Crippen molar-refractivity contribution in [1.29, 1.82) is 0 Å². The van der Waals surface area contributed by atoms with Gasteiger partial charge in [0.05, 0.1) is 6.04 Å². The van der Waals surface area contributed by atoms with Crippen molar-refractivity contribution < 1.29 is 13.6 Å². The number of amides is 1. The van der Waals surface area contributed by atoms with Crippen LogP contribution in [0.15, 0.2) is 35.1 Å². The van der Waals surface area contributed by atoms with Gasteiger partial charge in [-0.3, -0.25) is 9.59 Å². The van der Waals surface area contributed by atoms with Crippen molar-refractivity contribution in [2.45, 2.75) is 26.3 Å². The molecule has 1 atom stereocenters. The highest BCUT2D eigenvalue weighted by Gasteiger charge is 2.14. The Balaban J connectivity index is 2.12. The minimum atomic E-state index is -2.53. The predicted molar refractivity (Wildman–Crippen MR) is 76.9 cm³/mol. The fourth-order valence-electron chi connectivity index (χ4n) is 1.98. The summed E-state index contributed by atoms with van der Waals surface area (Å²) in [4.78, 5) is 29.8. The molecule has 0 saturated heterocycles. The first-order valence-corrected chi connectivity index (χ1v) is 6.63. The van der Waals surface area contributed by atoms with Crippen LogP contribution in [0.25, 0.3) is 0 Å². The van der Waals surface area contributed by atoms with Crippen LogP contribution in [-0.2, 0) is 0 Å². The number of halogens is 2. The van der Waals surface area contributed by atoms with Crippen LogP contribution >= 0.6 is 0 Å². The van der Waals surface area contributed by atoms with E-state index in [-0.39, 0.29) is 11.3 Å². The number of aromatic amines is 1. The number of nitrogens with zero attached hydrogens (tertiary/aromatic N) is 1. The summed E-state index contributed by atoms with van der Waals surface area (Å²) >= 11 is 0. The molecule has 5 nitrogen and oxygen atoms in total. The Kier molecular flexibility index (Phi) is 4.65. The van der Waals surface area contributed by atoms with Crippen molar-refractivity contribution in [1.82, 2.24) is 15.3 Å². The van der Waals surface area contributed by atoms with Gasteiger partial charge in [0.2, 0.25) is 0 Å². The van der Waals surface area contributed by atoms with Crippen LogP contribution in [0.1, 0.15) is 46.8 Å². The lowest BCUT2D eigenvalue weighted by Gasteiger charge is -2.14. The Labute approximate surface area is 125 Å². The van der Waals surface area contributed by atoms with Gasteiger partial charge in [-0.1, -0.05) is 24.3 Å². The van der Waals surface area contributed by atoms with E-state index in [9.17, 15) is 18.4 Å². The van der Waals surface area contributed by atoms with Crippen molar-refractivity contribution in [3.63, 3.8) is 0 Å². The molecule has 7 heteroatoms. The lowest BCUT2D eigenvalue weighted by Crippen LogP contribution is -2.29. The normalized spacial score (nSPS) is 12.2. The van der Waals surface area contributed by atoms with Gasteiger partial charge in [-0.05, 0) is 19.4 Å². The molecule has 2 aromatic rings. The molecule has 0 saturated carbocycles. The number of hydrogen-bond donors (Lipinski definition) is 2. The molecule has 0 fully saturated rings. The van der Waals surface area contributed by atoms with E-state index < -0.39 is 23.9 Å².